The first kappa shape index (κ1) is 13.6. The van der Waals surface area contributed by atoms with E-state index in [-0.39, 0.29) is 11.8 Å². The summed E-state index contributed by atoms with van der Waals surface area (Å²) in [5, 5.41) is 20.4. The molecule has 0 aromatic rings. The van der Waals surface area contributed by atoms with Gasteiger partial charge in [0.05, 0.1) is 0 Å². The third-order valence-electron chi connectivity index (χ3n) is 4.05. The Balaban J connectivity index is 1.54. The van der Waals surface area contributed by atoms with Crippen molar-refractivity contribution in [3.8, 4) is 0 Å². The fourth-order valence-electron chi connectivity index (χ4n) is 3.05. The van der Waals surface area contributed by atoms with Crippen LogP contribution >= 0.6 is 0 Å². The largest absolute Gasteiger partial charge is 0.368 e. The number of aliphatic hydroxyl groups is 2. The molecule has 0 aliphatic heterocycles. The number of unbranched alkanes of at least 4 members (excludes halogenated alkanes) is 2. The average Bonchev–Trinajstić information content (AvgIpc) is 2.94. The van der Waals surface area contributed by atoms with Gasteiger partial charge in [0.2, 0.25) is 5.91 Å². The maximum absolute atomic E-state index is 12.0. The summed E-state index contributed by atoms with van der Waals surface area (Å²) < 4.78 is 0. The maximum atomic E-state index is 12.0. The van der Waals surface area contributed by atoms with Gasteiger partial charge in [0.1, 0.15) is 0 Å². The summed E-state index contributed by atoms with van der Waals surface area (Å²) in [6, 6.07) is 0. The van der Waals surface area contributed by atoms with Crippen LogP contribution < -0.4 is 5.32 Å². The first-order valence-electron chi connectivity index (χ1n) is 6.99. The summed E-state index contributed by atoms with van der Waals surface area (Å²) in [6.07, 6.45) is 8.48. The lowest BCUT2D eigenvalue weighted by atomic mass is 9.93. The first-order chi connectivity index (χ1) is 8.66. The number of fused-ring (bicyclic) bond motifs is 2. The number of carbonyl (C=O) groups is 1. The number of hydrogen-bond donors (Lipinski definition) is 3. The third-order valence-corrected chi connectivity index (χ3v) is 4.05. The lowest BCUT2D eigenvalue weighted by molar-refractivity contribution is -0.125. The van der Waals surface area contributed by atoms with Gasteiger partial charge in [-0.25, -0.2) is 0 Å². The number of allylic oxidation sites excluding steroid dienone is 2. The number of aliphatic hydroxyl groups excluding tert-OH is 1. The molecule has 3 N–H and O–H groups in total. The van der Waals surface area contributed by atoms with Crippen LogP contribution in [0.3, 0.4) is 0 Å². The predicted molar refractivity (Wildman–Crippen MR) is 68.5 cm³/mol. The zero-order valence-corrected chi connectivity index (χ0v) is 10.7. The molecule has 3 atom stereocenters. The Morgan fingerprint density at radius 2 is 2.06 bits per heavy atom. The van der Waals surface area contributed by atoms with Crippen LogP contribution in [0, 0.1) is 17.8 Å². The van der Waals surface area contributed by atoms with Crippen molar-refractivity contribution in [1.82, 2.24) is 5.32 Å². The van der Waals surface area contributed by atoms with Crippen LogP contribution in [0.1, 0.15) is 38.5 Å². The molecule has 4 nitrogen and oxygen atoms in total. The second-order valence-electron chi connectivity index (χ2n) is 5.51. The summed E-state index contributed by atoms with van der Waals surface area (Å²) in [5.41, 5.74) is 0. The van der Waals surface area contributed by atoms with Gasteiger partial charge in [-0.05, 0) is 43.9 Å². The highest BCUT2D eigenvalue weighted by molar-refractivity contribution is 5.79. The number of rotatable bonds is 7. The van der Waals surface area contributed by atoms with Crippen LogP contribution in [0.5, 0.6) is 0 Å². The molecule has 2 bridgehead atoms. The van der Waals surface area contributed by atoms with E-state index >= 15 is 0 Å². The van der Waals surface area contributed by atoms with E-state index in [1.165, 1.54) is 0 Å². The molecule has 0 saturated heterocycles. The first-order valence-corrected chi connectivity index (χ1v) is 6.99. The van der Waals surface area contributed by atoms with Gasteiger partial charge in [0.15, 0.2) is 6.29 Å². The van der Waals surface area contributed by atoms with Crippen molar-refractivity contribution >= 4 is 5.91 Å². The van der Waals surface area contributed by atoms with Crippen LogP contribution in [0.15, 0.2) is 12.2 Å². The molecular formula is C14H23NO3. The fraction of sp³-hybridized carbons (Fsp3) is 0.786. The number of nitrogens with one attached hydrogen (secondary N) is 1. The van der Waals surface area contributed by atoms with Gasteiger partial charge in [0, 0.05) is 12.5 Å². The highest BCUT2D eigenvalue weighted by Crippen LogP contribution is 2.43. The topological polar surface area (TPSA) is 69.6 Å². The van der Waals surface area contributed by atoms with E-state index in [4.69, 9.17) is 10.2 Å². The summed E-state index contributed by atoms with van der Waals surface area (Å²) >= 11 is 0. The number of amides is 1. The monoisotopic (exact) mass is 253 g/mol. The smallest absolute Gasteiger partial charge is 0.223 e. The van der Waals surface area contributed by atoms with Crippen molar-refractivity contribution in [1.29, 1.82) is 0 Å². The quantitative estimate of drug-likeness (QED) is 0.362. The molecule has 18 heavy (non-hydrogen) atoms. The molecule has 102 valence electrons. The fourth-order valence-corrected chi connectivity index (χ4v) is 3.05. The van der Waals surface area contributed by atoms with E-state index in [1.54, 1.807) is 0 Å². The predicted octanol–water partition coefficient (Wildman–Crippen LogP) is 1.19. The molecule has 0 radical (unpaired) electrons. The highest BCUT2D eigenvalue weighted by Gasteiger charge is 2.39. The Labute approximate surface area is 108 Å². The van der Waals surface area contributed by atoms with Gasteiger partial charge in [0.25, 0.3) is 0 Å². The van der Waals surface area contributed by atoms with E-state index in [1.807, 2.05) is 0 Å². The van der Waals surface area contributed by atoms with Crippen molar-refractivity contribution in [2.24, 2.45) is 17.8 Å². The van der Waals surface area contributed by atoms with Gasteiger partial charge in [-0.3, -0.25) is 4.79 Å². The van der Waals surface area contributed by atoms with Crippen LogP contribution in [0.25, 0.3) is 0 Å². The van der Waals surface area contributed by atoms with E-state index in [0.717, 1.165) is 32.1 Å². The molecule has 3 unspecified atom stereocenters. The van der Waals surface area contributed by atoms with E-state index < -0.39 is 6.29 Å². The lowest BCUT2D eigenvalue weighted by Crippen LogP contribution is -2.33. The van der Waals surface area contributed by atoms with Gasteiger partial charge in [-0.2, -0.15) is 0 Å². The molecular weight excluding hydrogens is 230 g/mol. The molecule has 1 fully saturated rings. The maximum Gasteiger partial charge on any atom is 0.223 e. The molecule has 1 saturated carbocycles. The lowest BCUT2D eigenvalue weighted by Gasteiger charge is -2.17. The van der Waals surface area contributed by atoms with Crippen LogP contribution in [-0.4, -0.2) is 29.0 Å². The highest BCUT2D eigenvalue weighted by atomic mass is 16.5. The summed E-state index contributed by atoms with van der Waals surface area (Å²) in [7, 11) is 0. The molecule has 2 aliphatic carbocycles. The Bertz CT molecular complexity index is 314. The van der Waals surface area contributed by atoms with Crippen LogP contribution in [0.2, 0.25) is 0 Å². The minimum atomic E-state index is -1.19. The molecule has 0 aromatic heterocycles. The van der Waals surface area contributed by atoms with Crippen molar-refractivity contribution in [2.45, 2.75) is 44.8 Å². The van der Waals surface area contributed by atoms with Crippen molar-refractivity contribution in [2.75, 3.05) is 6.54 Å². The van der Waals surface area contributed by atoms with Gasteiger partial charge in [-0.15, -0.1) is 0 Å². The standard InChI is InChI=1S/C14H23NO3/c16-13(17)4-2-1-3-7-15-14(18)12-9-10-5-6-11(12)8-10/h5-6,10-13,16-17H,1-4,7-9H2,(H,15,18). The minimum absolute atomic E-state index is 0.194. The zero-order chi connectivity index (χ0) is 13.0. The zero-order valence-electron chi connectivity index (χ0n) is 10.7. The SMILES string of the molecule is O=C(NCCCCCC(O)O)C1CC2C=CC1C2. The molecule has 4 heteroatoms. The number of hydrogen-bond acceptors (Lipinski definition) is 3. The second-order valence-corrected chi connectivity index (χ2v) is 5.51. The third kappa shape index (κ3) is 3.56. The van der Waals surface area contributed by atoms with E-state index in [2.05, 4.69) is 17.5 Å². The van der Waals surface area contributed by atoms with Crippen LogP contribution in [0.4, 0.5) is 0 Å². The molecule has 0 heterocycles. The van der Waals surface area contributed by atoms with E-state index in [9.17, 15) is 4.79 Å². The summed E-state index contributed by atoms with van der Waals surface area (Å²) in [6.45, 7) is 0.706. The Morgan fingerprint density at radius 3 is 2.67 bits per heavy atom. The van der Waals surface area contributed by atoms with E-state index in [0.29, 0.717) is 24.8 Å². The molecule has 1 amide bonds. The van der Waals surface area contributed by atoms with Gasteiger partial charge < -0.3 is 15.5 Å². The van der Waals surface area contributed by atoms with Crippen molar-refractivity contribution in [3.05, 3.63) is 12.2 Å². The van der Waals surface area contributed by atoms with Crippen molar-refractivity contribution in [3.63, 3.8) is 0 Å². The minimum Gasteiger partial charge on any atom is -0.368 e. The summed E-state index contributed by atoms with van der Waals surface area (Å²) in [5.74, 6) is 1.50. The van der Waals surface area contributed by atoms with Gasteiger partial charge in [-0.1, -0.05) is 18.6 Å². The number of carbonyl (C=O) groups excluding carboxylic acids is 1. The Kier molecular flexibility index (Phi) is 4.78. The Morgan fingerprint density at radius 1 is 1.22 bits per heavy atom. The molecule has 0 spiro atoms. The second kappa shape index (κ2) is 6.34. The molecule has 2 rings (SSSR count). The molecule has 0 aromatic carbocycles. The summed E-state index contributed by atoms with van der Waals surface area (Å²) in [4.78, 5) is 12.0. The van der Waals surface area contributed by atoms with Crippen molar-refractivity contribution < 1.29 is 15.0 Å². The van der Waals surface area contributed by atoms with Gasteiger partial charge >= 0.3 is 0 Å². The Hall–Kier alpha value is -0.870. The molecule has 2 aliphatic rings. The van der Waals surface area contributed by atoms with Crippen LogP contribution in [-0.2, 0) is 4.79 Å². The average molecular weight is 253 g/mol. The normalized spacial score (nSPS) is 29.2.